The topological polar surface area (TPSA) is 120 Å². The SMILES string of the molecule is Cc1ccc(C(C)(C)O)cc1OC1OC(CO)C(O)C(O)C1O. The maximum Gasteiger partial charge on any atom is 0.229 e. The second-order valence-electron chi connectivity index (χ2n) is 6.35. The summed E-state index contributed by atoms with van der Waals surface area (Å²) < 4.78 is 10.9. The fraction of sp³-hybridized carbons (Fsp3) is 0.625. The van der Waals surface area contributed by atoms with E-state index in [-0.39, 0.29) is 0 Å². The zero-order chi connectivity index (χ0) is 17.4. The molecule has 7 heteroatoms. The predicted molar refractivity (Wildman–Crippen MR) is 80.8 cm³/mol. The first kappa shape index (κ1) is 18.1. The molecule has 0 spiro atoms. The molecule has 5 atom stereocenters. The summed E-state index contributed by atoms with van der Waals surface area (Å²) in [7, 11) is 0. The Morgan fingerprint density at radius 2 is 1.78 bits per heavy atom. The maximum atomic E-state index is 10.1. The Bertz CT molecular complexity index is 538. The van der Waals surface area contributed by atoms with Gasteiger partial charge in [0.1, 0.15) is 30.2 Å². The van der Waals surface area contributed by atoms with E-state index in [1.54, 1.807) is 39.0 Å². The average Bonchev–Trinajstić information content (AvgIpc) is 2.48. The number of benzene rings is 1. The van der Waals surface area contributed by atoms with Crippen molar-refractivity contribution in [3.63, 3.8) is 0 Å². The summed E-state index contributed by atoms with van der Waals surface area (Å²) in [6.45, 7) is 4.53. The quantitative estimate of drug-likeness (QED) is 0.501. The molecule has 1 saturated heterocycles. The molecule has 1 heterocycles. The summed E-state index contributed by atoms with van der Waals surface area (Å²) in [6, 6.07) is 5.14. The smallest absolute Gasteiger partial charge is 0.229 e. The third kappa shape index (κ3) is 3.82. The van der Waals surface area contributed by atoms with Crippen molar-refractivity contribution in [2.75, 3.05) is 6.61 Å². The standard InChI is InChI=1S/C16H24O7/c1-8-4-5-9(16(2,3)21)6-10(8)22-15-14(20)13(19)12(18)11(7-17)23-15/h4-6,11-15,17-21H,7H2,1-3H3. The Balaban J connectivity index is 2.24. The molecule has 5 N–H and O–H groups in total. The van der Waals surface area contributed by atoms with Crippen LogP contribution >= 0.6 is 0 Å². The molecule has 1 aromatic carbocycles. The number of ether oxygens (including phenoxy) is 2. The van der Waals surface area contributed by atoms with Crippen LogP contribution in [-0.2, 0) is 10.3 Å². The molecule has 1 aliphatic heterocycles. The van der Waals surface area contributed by atoms with Crippen molar-refractivity contribution in [2.24, 2.45) is 0 Å². The lowest BCUT2D eigenvalue weighted by molar-refractivity contribution is -0.277. The van der Waals surface area contributed by atoms with Gasteiger partial charge in [-0.05, 0) is 38.0 Å². The molecule has 0 saturated carbocycles. The van der Waals surface area contributed by atoms with Crippen molar-refractivity contribution in [1.29, 1.82) is 0 Å². The van der Waals surface area contributed by atoms with E-state index in [9.17, 15) is 25.5 Å². The van der Waals surface area contributed by atoms with E-state index in [2.05, 4.69) is 0 Å². The van der Waals surface area contributed by atoms with E-state index >= 15 is 0 Å². The van der Waals surface area contributed by atoms with Crippen molar-refractivity contribution < 1.29 is 35.0 Å². The molecule has 130 valence electrons. The van der Waals surface area contributed by atoms with Crippen molar-refractivity contribution in [3.8, 4) is 5.75 Å². The normalized spacial score (nSPS) is 31.9. The minimum Gasteiger partial charge on any atom is -0.462 e. The van der Waals surface area contributed by atoms with Crippen molar-refractivity contribution in [3.05, 3.63) is 29.3 Å². The van der Waals surface area contributed by atoms with Gasteiger partial charge >= 0.3 is 0 Å². The van der Waals surface area contributed by atoms with Crippen LogP contribution in [0.25, 0.3) is 0 Å². The van der Waals surface area contributed by atoms with E-state index in [1.165, 1.54) is 0 Å². The molecule has 23 heavy (non-hydrogen) atoms. The number of rotatable bonds is 4. The highest BCUT2D eigenvalue weighted by molar-refractivity contribution is 5.38. The second-order valence-corrected chi connectivity index (χ2v) is 6.35. The number of aliphatic hydroxyl groups is 5. The molecule has 1 fully saturated rings. The Morgan fingerprint density at radius 1 is 1.13 bits per heavy atom. The Morgan fingerprint density at radius 3 is 2.35 bits per heavy atom. The molecule has 0 bridgehead atoms. The third-order valence-corrected chi connectivity index (χ3v) is 3.99. The molecular weight excluding hydrogens is 304 g/mol. The van der Waals surface area contributed by atoms with Gasteiger partial charge < -0.3 is 35.0 Å². The van der Waals surface area contributed by atoms with E-state index in [1.807, 2.05) is 0 Å². The molecule has 0 amide bonds. The van der Waals surface area contributed by atoms with Gasteiger partial charge in [-0.25, -0.2) is 0 Å². The van der Waals surface area contributed by atoms with E-state index in [0.717, 1.165) is 5.56 Å². The monoisotopic (exact) mass is 328 g/mol. The molecule has 0 aromatic heterocycles. The van der Waals surface area contributed by atoms with Crippen LogP contribution in [0, 0.1) is 6.92 Å². The average molecular weight is 328 g/mol. The number of aliphatic hydroxyl groups excluding tert-OH is 4. The van der Waals surface area contributed by atoms with Gasteiger partial charge in [0.2, 0.25) is 6.29 Å². The second kappa shape index (κ2) is 6.72. The molecule has 1 aliphatic rings. The molecule has 1 aromatic rings. The molecular formula is C16H24O7. The summed E-state index contributed by atoms with van der Waals surface area (Å²) in [5, 5.41) is 48.8. The van der Waals surface area contributed by atoms with Crippen LogP contribution in [0.1, 0.15) is 25.0 Å². The molecule has 0 radical (unpaired) electrons. The maximum absolute atomic E-state index is 10.1. The van der Waals surface area contributed by atoms with Crippen LogP contribution in [0.4, 0.5) is 0 Å². The summed E-state index contributed by atoms with van der Waals surface area (Å²) in [6.07, 6.45) is -6.68. The molecule has 2 rings (SSSR count). The Labute approximate surface area is 134 Å². The minimum atomic E-state index is -1.50. The predicted octanol–water partition coefficient (Wildman–Crippen LogP) is -0.599. The van der Waals surface area contributed by atoms with E-state index in [4.69, 9.17) is 9.47 Å². The zero-order valence-electron chi connectivity index (χ0n) is 13.4. The van der Waals surface area contributed by atoms with Crippen molar-refractivity contribution in [1.82, 2.24) is 0 Å². The van der Waals surface area contributed by atoms with Crippen molar-refractivity contribution >= 4 is 0 Å². The van der Waals surface area contributed by atoms with Crippen LogP contribution in [0.2, 0.25) is 0 Å². The van der Waals surface area contributed by atoms with Gasteiger partial charge in [-0.1, -0.05) is 12.1 Å². The van der Waals surface area contributed by atoms with Crippen LogP contribution in [0.3, 0.4) is 0 Å². The van der Waals surface area contributed by atoms with Gasteiger partial charge in [-0.3, -0.25) is 0 Å². The summed E-state index contributed by atoms with van der Waals surface area (Å²) in [5.41, 5.74) is 0.291. The molecule has 7 nitrogen and oxygen atoms in total. The first-order valence-electron chi connectivity index (χ1n) is 7.46. The largest absolute Gasteiger partial charge is 0.462 e. The van der Waals surface area contributed by atoms with Gasteiger partial charge in [-0.15, -0.1) is 0 Å². The highest BCUT2D eigenvalue weighted by atomic mass is 16.7. The van der Waals surface area contributed by atoms with Crippen molar-refractivity contribution in [2.45, 2.75) is 57.1 Å². The first-order chi connectivity index (χ1) is 10.6. The highest BCUT2D eigenvalue weighted by Gasteiger charge is 2.44. The summed E-state index contributed by atoms with van der Waals surface area (Å²) >= 11 is 0. The fourth-order valence-corrected chi connectivity index (χ4v) is 2.40. The zero-order valence-corrected chi connectivity index (χ0v) is 13.4. The van der Waals surface area contributed by atoms with Crippen LogP contribution < -0.4 is 4.74 Å². The summed E-state index contributed by atoms with van der Waals surface area (Å²) in [4.78, 5) is 0. The highest BCUT2D eigenvalue weighted by Crippen LogP contribution is 2.30. The van der Waals surface area contributed by atoms with Gasteiger partial charge in [0.25, 0.3) is 0 Å². The van der Waals surface area contributed by atoms with Crippen LogP contribution in [0.15, 0.2) is 18.2 Å². The number of hydrogen-bond acceptors (Lipinski definition) is 7. The minimum absolute atomic E-state index is 0.369. The van der Waals surface area contributed by atoms with Crippen LogP contribution in [-0.4, -0.2) is 62.8 Å². The fourth-order valence-electron chi connectivity index (χ4n) is 2.40. The molecule has 5 unspecified atom stereocenters. The lowest BCUT2D eigenvalue weighted by atomic mass is 9.96. The molecule has 0 aliphatic carbocycles. The van der Waals surface area contributed by atoms with Gasteiger partial charge in [-0.2, -0.15) is 0 Å². The van der Waals surface area contributed by atoms with Gasteiger partial charge in [0.05, 0.1) is 12.2 Å². The van der Waals surface area contributed by atoms with E-state index < -0.39 is 42.9 Å². The lowest BCUT2D eigenvalue weighted by Crippen LogP contribution is -2.60. The number of aryl methyl sites for hydroxylation is 1. The van der Waals surface area contributed by atoms with E-state index in [0.29, 0.717) is 11.3 Å². The Kier molecular flexibility index (Phi) is 5.30. The van der Waals surface area contributed by atoms with Crippen LogP contribution in [0.5, 0.6) is 5.75 Å². The Hall–Kier alpha value is -1.22. The van der Waals surface area contributed by atoms with Gasteiger partial charge in [0, 0.05) is 0 Å². The number of hydrogen-bond donors (Lipinski definition) is 5. The lowest BCUT2D eigenvalue weighted by Gasteiger charge is -2.39. The third-order valence-electron chi connectivity index (χ3n) is 3.99. The first-order valence-corrected chi connectivity index (χ1v) is 7.46. The summed E-state index contributed by atoms with van der Waals surface area (Å²) in [5.74, 6) is 0.369. The van der Waals surface area contributed by atoms with Gasteiger partial charge in [0.15, 0.2) is 0 Å².